The third-order valence-electron chi connectivity index (χ3n) is 5.86. The first kappa shape index (κ1) is 25.9. The third kappa shape index (κ3) is 5.04. The summed E-state index contributed by atoms with van der Waals surface area (Å²) in [6, 6.07) is 7.53. The van der Waals surface area contributed by atoms with E-state index in [0.717, 1.165) is 11.0 Å². The van der Waals surface area contributed by atoms with Crippen molar-refractivity contribution in [2.45, 2.75) is 25.4 Å². The van der Waals surface area contributed by atoms with Gasteiger partial charge in [0.25, 0.3) is 0 Å². The maximum absolute atomic E-state index is 15.3. The van der Waals surface area contributed by atoms with Crippen molar-refractivity contribution in [1.29, 1.82) is 0 Å². The first-order valence-corrected chi connectivity index (χ1v) is 13.7. The van der Waals surface area contributed by atoms with Gasteiger partial charge in [0.15, 0.2) is 11.6 Å². The number of aromatic nitrogens is 1. The lowest BCUT2D eigenvalue weighted by molar-refractivity contribution is -0.118. The number of hydrogen-bond donors (Lipinski definition) is 2. The average Bonchev–Trinajstić information content (AvgIpc) is 3.10. The van der Waals surface area contributed by atoms with Crippen molar-refractivity contribution < 1.29 is 22.8 Å². The zero-order chi connectivity index (χ0) is 26.1. The van der Waals surface area contributed by atoms with Gasteiger partial charge in [-0.1, -0.05) is 25.6 Å². The van der Waals surface area contributed by atoms with Crippen LogP contribution in [0.3, 0.4) is 0 Å². The molecule has 11 heteroatoms. The highest BCUT2D eigenvalue weighted by atomic mass is 35.5. The number of anilines is 2. The Labute approximate surface area is 212 Å². The molecule has 4 rings (SSSR count). The Balaban J connectivity index is 1.55. The molecule has 0 radical (unpaired) electrons. The van der Waals surface area contributed by atoms with Gasteiger partial charge in [0, 0.05) is 28.4 Å². The molecule has 0 aliphatic carbocycles. The molecule has 1 aromatic heterocycles. The van der Waals surface area contributed by atoms with Gasteiger partial charge >= 0.3 is 6.03 Å². The van der Waals surface area contributed by atoms with E-state index in [9.17, 15) is 14.0 Å². The number of halogens is 4. The standard InChI is InChI=1S/C25H23ClF3N4O2P/c1-13-11-19(32-25(35)31-18-8-6-14(26)12-17(18)27)24(34)33(13)20-9-7-15(21(28)22(20)29)16-5-4-10-30-23(16)36(2)3/h4-10,12-13,19H,11H2,1-3H3,(H2,31,32,35). The summed E-state index contributed by atoms with van der Waals surface area (Å²) in [6.45, 7) is 5.61. The number of amides is 3. The Morgan fingerprint density at radius 2 is 1.86 bits per heavy atom. The largest absolute Gasteiger partial charge is 0.326 e. The number of nitrogens with one attached hydrogen (secondary N) is 2. The van der Waals surface area contributed by atoms with Crippen LogP contribution in [0.5, 0.6) is 0 Å². The minimum absolute atomic E-state index is 0.0638. The lowest BCUT2D eigenvalue weighted by Gasteiger charge is -2.23. The van der Waals surface area contributed by atoms with Crippen LogP contribution in [-0.2, 0) is 4.79 Å². The quantitative estimate of drug-likeness (QED) is 0.424. The maximum Gasteiger partial charge on any atom is 0.319 e. The van der Waals surface area contributed by atoms with Crippen molar-refractivity contribution in [2.75, 3.05) is 23.5 Å². The number of pyridine rings is 1. The molecule has 1 saturated heterocycles. The molecule has 3 amide bonds. The zero-order valence-corrected chi connectivity index (χ0v) is 21.3. The molecule has 1 aliphatic rings. The van der Waals surface area contributed by atoms with E-state index >= 15 is 8.78 Å². The summed E-state index contributed by atoms with van der Waals surface area (Å²) in [6.07, 6.45) is 1.76. The molecule has 2 N–H and O–H groups in total. The van der Waals surface area contributed by atoms with Crippen molar-refractivity contribution in [3.05, 3.63) is 71.1 Å². The summed E-state index contributed by atoms with van der Waals surface area (Å²) in [5.41, 5.74) is 0.921. The Morgan fingerprint density at radius 1 is 1.11 bits per heavy atom. The summed E-state index contributed by atoms with van der Waals surface area (Å²) in [5, 5.41) is 4.96. The molecular weight excluding hydrogens is 512 g/mol. The average molecular weight is 535 g/mol. The third-order valence-corrected chi connectivity index (χ3v) is 7.30. The van der Waals surface area contributed by atoms with Crippen LogP contribution in [0.25, 0.3) is 11.1 Å². The highest BCUT2D eigenvalue weighted by molar-refractivity contribution is 7.64. The highest BCUT2D eigenvalue weighted by Crippen LogP contribution is 2.36. The normalized spacial score (nSPS) is 17.6. The minimum atomic E-state index is -1.16. The van der Waals surface area contributed by atoms with Gasteiger partial charge in [0.05, 0.1) is 16.8 Å². The fraction of sp³-hybridized carbons (Fsp3) is 0.240. The summed E-state index contributed by atoms with van der Waals surface area (Å²) in [7, 11) is -0.671. The Kier molecular flexibility index (Phi) is 7.52. The van der Waals surface area contributed by atoms with E-state index < -0.39 is 49.4 Å². The summed E-state index contributed by atoms with van der Waals surface area (Å²) < 4.78 is 44.5. The van der Waals surface area contributed by atoms with Crippen LogP contribution in [0.1, 0.15) is 13.3 Å². The predicted octanol–water partition coefficient (Wildman–Crippen LogP) is 5.50. The van der Waals surface area contributed by atoms with E-state index in [4.69, 9.17) is 11.6 Å². The first-order valence-electron chi connectivity index (χ1n) is 11.0. The number of rotatable bonds is 5. The molecule has 3 aromatic rings. The molecule has 0 bridgehead atoms. The molecule has 2 aromatic carbocycles. The van der Waals surface area contributed by atoms with Gasteiger partial charge in [-0.15, -0.1) is 0 Å². The van der Waals surface area contributed by atoms with Crippen molar-refractivity contribution in [1.82, 2.24) is 10.3 Å². The fourth-order valence-electron chi connectivity index (χ4n) is 4.21. The second kappa shape index (κ2) is 10.4. The molecule has 1 aliphatic heterocycles. The Hall–Kier alpha value is -3.16. The van der Waals surface area contributed by atoms with Crippen molar-refractivity contribution in [2.24, 2.45) is 0 Å². The number of hydrogen-bond acceptors (Lipinski definition) is 3. The van der Waals surface area contributed by atoms with Gasteiger partial charge in [0.1, 0.15) is 11.9 Å². The summed E-state index contributed by atoms with van der Waals surface area (Å²) in [5.74, 6) is -3.58. The molecule has 2 atom stereocenters. The molecule has 0 saturated carbocycles. The van der Waals surface area contributed by atoms with Gasteiger partial charge < -0.3 is 15.5 Å². The van der Waals surface area contributed by atoms with Gasteiger partial charge in [-0.3, -0.25) is 9.78 Å². The number of benzene rings is 2. The van der Waals surface area contributed by atoms with Gasteiger partial charge in [-0.2, -0.15) is 0 Å². The zero-order valence-electron chi connectivity index (χ0n) is 19.7. The molecule has 2 unspecified atom stereocenters. The van der Waals surface area contributed by atoms with Crippen molar-refractivity contribution >= 4 is 48.3 Å². The van der Waals surface area contributed by atoms with E-state index in [1.54, 1.807) is 25.3 Å². The minimum Gasteiger partial charge on any atom is -0.326 e. The van der Waals surface area contributed by atoms with Gasteiger partial charge in [-0.05, 0) is 63.1 Å². The van der Waals surface area contributed by atoms with E-state index in [0.29, 0.717) is 11.0 Å². The van der Waals surface area contributed by atoms with E-state index in [-0.39, 0.29) is 28.4 Å². The van der Waals surface area contributed by atoms with Crippen LogP contribution >= 0.6 is 19.5 Å². The van der Waals surface area contributed by atoms with Crippen LogP contribution < -0.4 is 21.0 Å². The SMILES string of the molecule is CC1CC(NC(=O)Nc2ccc(Cl)cc2F)C(=O)N1c1ccc(-c2cccnc2P(C)C)c(F)c1F. The predicted molar refractivity (Wildman–Crippen MR) is 137 cm³/mol. The van der Waals surface area contributed by atoms with Crippen molar-refractivity contribution in [3.8, 4) is 11.1 Å². The molecule has 188 valence electrons. The number of carbonyl (C=O) groups is 2. The van der Waals surface area contributed by atoms with E-state index in [1.807, 2.05) is 13.3 Å². The van der Waals surface area contributed by atoms with Crippen LogP contribution in [0.15, 0.2) is 48.7 Å². The lowest BCUT2D eigenvalue weighted by Crippen LogP contribution is -2.44. The molecular formula is C25H23ClF3N4O2P. The lowest BCUT2D eigenvalue weighted by atomic mass is 10.1. The van der Waals surface area contributed by atoms with Gasteiger partial charge in [0.2, 0.25) is 5.91 Å². The van der Waals surface area contributed by atoms with Crippen LogP contribution in [0, 0.1) is 17.5 Å². The number of carbonyl (C=O) groups excluding carboxylic acids is 2. The molecule has 2 heterocycles. The van der Waals surface area contributed by atoms with Crippen LogP contribution in [0.2, 0.25) is 5.02 Å². The topological polar surface area (TPSA) is 74.3 Å². The monoisotopic (exact) mass is 534 g/mol. The second-order valence-electron chi connectivity index (χ2n) is 8.60. The number of urea groups is 1. The molecule has 0 spiro atoms. The summed E-state index contributed by atoms with van der Waals surface area (Å²) in [4.78, 5) is 30.9. The smallest absolute Gasteiger partial charge is 0.319 e. The van der Waals surface area contributed by atoms with E-state index in [1.165, 1.54) is 24.3 Å². The Bertz CT molecular complexity index is 1340. The number of nitrogens with zero attached hydrogens (tertiary/aromatic N) is 2. The molecule has 1 fully saturated rings. The molecule has 6 nitrogen and oxygen atoms in total. The van der Waals surface area contributed by atoms with Crippen molar-refractivity contribution in [3.63, 3.8) is 0 Å². The highest BCUT2D eigenvalue weighted by Gasteiger charge is 2.40. The summed E-state index contributed by atoms with van der Waals surface area (Å²) >= 11 is 5.71. The van der Waals surface area contributed by atoms with Crippen LogP contribution in [-0.4, -0.2) is 42.3 Å². The second-order valence-corrected chi connectivity index (χ2v) is 11.2. The maximum atomic E-state index is 15.3. The fourth-order valence-corrected chi connectivity index (χ4v) is 5.35. The molecule has 36 heavy (non-hydrogen) atoms. The Morgan fingerprint density at radius 3 is 2.56 bits per heavy atom. The van der Waals surface area contributed by atoms with Crippen LogP contribution in [0.4, 0.5) is 29.3 Å². The first-order chi connectivity index (χ1) is 17.1. The van der Waals surface area contributed by atoms with Gasteiger partial charge in [-0.25, -0.2) is 18.0 Å². The van der Waals surface area contributed by atoms with E-state index in [2.05, 4.69) is 15.6 Å².